The number of allylic oxidation sites excluding steroid dienone is 2. The van der Waals surface area contributed by atoms with Crippen molar-refractivity contribution in [3.05, 3.63) is 24.0 Å². The Kier molecular flexibility index (Phi) is 10.8. The molecule has 8 unspecified atom stereocenters. The van der Waals surface area contributed by atoms with Gasteiger partial charge in [0.15, 0.2) is 0 Å². The van der Waals surface area contributed by atoms with Crippen LogP contribution in [0.5, 0.6) is 0 Å². The zero-order valence-electron chi connectivity index (χ0n) is 23.0. The van der Waals surface area contributed by atoms with Crippen LogP contribution in [0.2, 0.25) is 0 Å². The number of rotatable bonds is 10. The van der Waals surface area contributed by atoms with E-state index in [0.717, 1.165) is 11.7 Å². The minimum Gasteiger partial charge on any atom is -0.748 e. The molecule has 0 N–H and O–H groups in total. The zero-order chi connectivity index (χ0) is 30.3. The van der Waals surface area contributed by atoms with Gasteiger partial charge in [0.05, 0.1) is 78.4 Å². The lowest BCUT2D eigenvalue weighted by atomic mass is 9.89. The Morgan fingerprint density at radius 3 is 1.83 bits per heavy atom. The molecule has 3 fully saturated rings. The van der Waals surface area contributed by atoms with Crippen molar-refractivity contribution in [1.29, 1.82) is 0 Å². The maximum atomic E-state index is 11.5. The molecule has 4 aliphatic rings. The molecular formula is C25H37Cl4N4O6S2-. The van der Waals surface area contributed by atoms with Gasteiger partial charge in [-0.1, -0.05) is 6.08 Å². The topological polar surface area (TPSA) is 127 Å². The van der Waals surface area contributed by atoms with Crippen LogP contribution in [0.3, 0.4) is 0 Å². The second kappa shape index (κ2) is 13.3. The highest BCUT2D eigenvalue weighted by Crippen LogP contribution is 2.42. The highest BCUT2D eigenvalue weighted by Gasteiger charge is 2.51. The van der Waals surface area contributed by atoms with Crippen LogP contribution in [0, 0.1) is 0 Å². The van der Waals surface area contributed by atoms with E-state index in [9.17, 15) is 25.9 Å². The summed E-state index contributed by atoms with van der Waals surface area (Å²) in [6.45, 7) is 5.35. The van der Waals surface area contributed by atoms with Gasteiger partial charge in [-0.15, -0.1) is 46.4 Å². The van der Waals surface area contributed by atoms with E-state index < -0.39 is 31.7 Å². The molecule has 1 saturated heterocycles. The van der Waals surface area contributed by atoms with Gasteiger partial charge in [0.2, 0.25) is 0 Å². The lowest BCUT2D eigenvalue weighted by molar-refractivity contribution is -0.557. The fraction of sp³-hybridized carbons (Fsp3) is 0.800. The van der Waals surface area contributed by atoms with Gasteiger partial charge in [-0.2, -0.15) is 0 Å². The smallest absolute Gasteiger partial charge is 0.272 e. The Labute approximate surface area is 263 Å². The summed E-state index contributed by atoms with van der Waals surface area (Å²) in [6.07, 6.45) is 7.95. The minimum absolute atomic E-state index is 0.0146. The SMILES string of the molecule is CCN1C(=CC=CC2=[N+](CCS(=O)(=O)[O-])C3CC(Cl)C(Cl)CC3N2CC)N(CCS(=O)(=O)[O-])C2CC(Cl)C(Cl)CC21. The largest absolute Gasteiger partial charge is 0.748 e. The predicted octanol–water partition coefficient (Wildman–Crippen LogP) is 2.35. The zero-order valence-corrected chi connectivity index (χ0v) is 27.6. The van der Waals surface area contributed by atoms with E-state index in [1.54, 1.807) is 0 Å². The van der Waals surface area contributed by atoms with E-state index in [1.165, 1.54) is 0 Å². The van der Waals surface area contributed by atoms with E-state index >= 15 is 0 Å². The van der Waals surface area contributed by atoms with Crippen LogP contribution in [0.1, 0.15) is 39.5 Å². The Morgan fingerprint density at radius 2 is 1.29 bits per heavy atom. The van der Waals surface area contributed by atoms with E-state index in [1.807, 2.05) is 41.6 Å². The lowest BCUT2D eigenvalue weighted by Crippen LogP contribution is -2.48. The Hall–Kier alpha value is -0.470. The first-order valence-electron chi connectivity index (χ1n) is 13.9. The molecule has 0 spiro atoms. The van der Waals surface area contributed by atoms with Crippen LogP contribution in [-0.4, -0.2) is 134 Å². The molecule has 0 aromatic heterocycles. The molecule has 2 heterocycles. The van der Waals surface area contributed by atoms with Crippen molar-refractivity contribution in [2.45, 2.75) is 85.2 Å². The van der Waals surface area contributed by atoms with Crippen molar-refractivity contribution in [2.24, 2.45) is 0 Å². The standard InChI is InChI=1S/C25H38Cl4N4O6S2/c1-3-30-20-12-16(26)18(28)14-22(20)32(8-10-40(34,35)36)24(30)6-5-7-25-31(4-2)21-13-17(27)19(29)15-23(21)33(25)9-11-41(37,38)39/h5-7,16-23H,3-4,8-15H2,1-2H3,(H-,34,35,36,37,38,39)/p-1. The second-order valence-corrected chi connectivity index (χ2v) is 16.3. The van der Waals surface area contributed by atoms with Gasteiger partial charge >= 0.3 is 0 Å². The highest BCUT2D eigenvalue weighted by atomic mass is 35.5. The summed E-state index contributed by atoms with van der Waals surface area (Å²) >= 11 is 26.1. The van der Waals surface area contributed by atoms with Gasteiger partial charge in [-0.05, 0) is 32.8 Å². The molecular weight excluding hydrogens is 658 g/mol. The molecule has 234 valence electrons. The molecule has 0 amide bonds. The minimum atomic E-state index is -4.44. The molecule has 0 aromatic carbocycles. The van der Waals surface area contributed by atoms with Crippen molar-refractivity contribution in [2.75, 3.05) is 37.7 Å². The van der Waals surface area contributed by atoms with Crippen molar-refractivity contribution >= 4 is 72.5 Å². The molecule has 2 saturated carbocycles. The van der Waals surface area contributed by atoms with Crippen LogP contribution in [-0.2, 0) is 20.2 Å². The average molecular weight is 696 g/mol. The number of nitrogens with zero attached hydrogens (tertiary/aromatic N) is 4. The van der Waals surface area contributed by atoms with Crippen LogP contribution < -0.4 is 0 Å². The number of halogens is 4. The normalized spacial score (nSPS) is 35.6. The third kappa shape index (κ3) is 7.61. The number of fused-ring (bicyclic) bond motifs is 2. The maximum absolute atomic E-state index is 11.5. The lowest BCUT2D eigenvalue weighted by Gasteiger charge is -2.37. The molecule has 2 aliphatic carbocycles. The predicted molar refractivity (Wildman–Crippen MR) is 160 cm³/mol. The molecule has 0 aromatic rings. The van der Waals surface area contributed by atoms with E-state index in [0.29, 0.717) is 38.8 Å². The highest BCUT2D eigenvalue weighted by molar-refractivity contribution is 7.85. The summed E-state index contributed by atoms with van der Waals surface area (Å²) in [5, 5.41) is -1.03. The average Bonchev–Trinajstić information content (AvgIpc) is 3.31. The fourth-order valence-corrected chi connectivity index (χ4v) is 8.85. The summed E-state index contributed by atoms with van der Waals surface area (Å²) in [6, 6.07) is -0.160. The van der Waals surface area contributed by atoms with Crippen LogP contribution >= 0.6 is 46.4 Å². The van der Waals surface area contributed by atoms with Gasteiger partial charge in [-0.3, -0.25) is 9.48 Å². The van der Waals surface area contributed by atoms with Crippen LogP contribution in [0.15, 0.2) is 24.0 Å². The van der Waals surface area contributed by atoms with Gasteiger partial charge < -0.3 is 18.9 Å². The number of amidine groups is 1. The van der Waals surface area contributed by atoms with Crippen molar-refractivity contribution in [3.63, 3.8) is 0 Å². The van der Waals surface area contributed by atoms with Gasteiger partial charge in [0.1, 0.15) is 17.9 Å². The Bertz CT molecular complexity index is 1280. The monoisotopic (exact) mass is 693 g/mol. The molecule has 8 atom stereocenters. The molecule has 0 radical (unpaired) electrons. The first-order valence-corrected chi connectivity index (χ1v) is 18.8. The van der Waals surface area contributed by atoms with Crippen LogP contribution in [0.25, 0.3) is 0 Å². The summed E-state index contributed by atoms with van der Waals surface area (Å²) < 4.78 is 71.2. The third-order valence-electron chi connectivity index (χ3n) is 8.65. The molecule has 2 aliphatic heterocycles. The summed E-state index contributed by atoms with van der Waals surface area (Å²) in [7, 11) is -8.88. The maximum Gasteiger partial charge on any atom is 0.272 e. The van der Waals surface area contributed by atoms with E-state index in [4.69, 9.17) is 46.4 Å². The molecule has 41 heavy (non-hydrogen) atoms. The third-order valence-corrected chi connectivity index (χ3v) is 12.2. The Morgan fingerprint density at radius 1 is 0.780 bits per heavy atom. The number of alkyl halides is 4. The number of likely N-dealkylation sites (N-methyl/N-ethyl adjacent to an activating group) is 2. The summed E-state index contributed by atoms with van der Waals surface area (Å²) in [5.74, 6) is 0.470. The van der Waals surface area contributed by atoms with Crippen molar-refractivity contribution in [3.8, 4) is 0 Å². The summed E-state index contributed by atoms with van der Waals surface area (Å²) in [4.78, 5) is 6.28. The van der Waals surface area contributed by atoms with Gasteiger partial charge in [0.25, 0.3) is 5.84 Å². The first kappa shape index (κ1) is 33.4. The second-order valence-electron chi connectivity index (χ2n) is 11.0. The summed E-state index contributed by atoms with van der Waals surface area (Å²) in [5.41, 5.74) is 0. The molecule has 10 nitrogen and oxygen atoms in total. The van der Waals surface area contributed by atoms with Gasteiger partial charge in [-0.25, -0.2) is 16.8 Å². The number of hydrogen-bond acceptors (Lipinski definition) is 9. The number of hydrogen-bond donors (Lipinski definition) is 0. The van der Waals surface area contributed by atoms with Gasteiger partial charge in [0, 0.05) is 32.0 Å². The first-order chi connectivity index (χ1) is 19.1. The van der Waals surface area contributed by atoms with Crippen LogP contribution in [0.4, 0.5) is 0 Å². The molecule has 4 rings (SSSR count). The Balaban J connectivity index is 1.71. The fourth-order valence-electron chi connectivity index (χ4n) is 6.87. The van der Waals surface area contributed by atoms with Crippen molar-refractivity contribution in [1.82, 2.24) is 14.7 Å². The molecule has 16 heteroatoms. The molecule has 0 bridgehead atoms. The van der Waals surface area contributed by atoms with E-state index in [-0.39, 0.29) is 58.8 Å². The van der Waals surface area contributed by atoms with E-state index in [2.05, 4.69) is 9.80 Å². The quantitative estimate of drug-likeness (QED) is 0.192. The van der Waals surface area contributed by atoms with Crippen molar-refractivity contribution < 1.29 is 30.5 Å².